The minimum absolute atomic E-state index is 0.117. The molecule has 7 nitrogen and oxygen atoms in total. The van der Waals surface area contributed by atoms with Crippen LogP contribution in [0.2, 0.25) is 0 Å². The van der Waals surface area contributed by atoms with Crippen LogP contribution in [0.1, 0.15) is 35.0 Å². The number of nitrogens with one attached hydrogen (secondary N) is 1. The van der Waals surface area contributed by atoms with Gasteiger partial charge in [-0.05, 0) is 56.9 Å². The number of anilines is 1. The first-order valence-electron chi connectivity index (χ1n) is 9.70. The van der Waals surface area contributed by atoms with Gasteiger partial charge in [-0.15, -0.1) is 10.2 Å². The lowest BCUT2D eigenvalue weighted by atomic mass is 10.1. The molecule has 0 unspecified atom stereocenters. The highest BCUT2D eigenvalue weighted by Gasteiger charge is 2.21. The standard InChI is InChI=1S/C22H27N5O2S/c1-13-8-6-9-14(2)19(13)24-21(28)17(5)30-22-26-25-18(27(22)23)12-29-20-15(3)10-7-11-16(20)4/h6-11,17H,12,23H2,1-5H3,(H,24,28)/t17-/m1/s1. The fourth-order valence-corrected chi connectivity index (χ4v) is 3.89. The molecule has 0 aliphatic heterocycles. The van der Waals surface area contributed by atoms with E-state index in [0.717, 1.165) is 33.7 Å². The molecule has 0 spiro atoms. The molecule has 1 aromatic heterocycles. The average Bonchev–Trinajstić information content (AvgIpc) is 3.04. The van der Waals surface area contributed by atoms with Crippen molar-refractivity contribution in [2.45, 2.75) is 51.6 Å². The van der Waals surface area contributed by atoms with E-state index < -0.39 is 5.25 Å². The van der Waals surface area contributed by atoms with Crippen LogP contribution < -0.4 is 15.9 Å². The van der Waals surface area contributed by atoms with Gasteiger partial charge in [-0.25, -0.2) is 4.68 Å². The third kappa shape index (κ3) is 4.76. The Kier molecular flexibility index (Phi) is 6.66. The molecule has 0 aliphatic rings. The van der Waals surface area contributed by atoms with Gasteiger partial charge in [-0.1, -0.05) is 48.2 Å². The maximum absolute atomic E-state index is 12.7. The Balaban J connectivity index is 1.65. The summed E-state index contributed by atoms with van der Waals surface area (Å²) in [6, 6.07) is 11.9. The quantitative estimate of drug-likeness (QED) is 0.440. The topological polar surface area (TPSA) is 95.1 Å². The van der Waals surface area contributed by atoms with E-state index in [0.29, 0.717) is 11.0 Å². The van der Waals surface area contributed by atoms with Crippen molar-refractivity contribution in [1.29, 1.82) is 0 Å². The number of thioether (sulfide) groups is 1. The summed E-state index contributed by atoms with van der Waals surface area (Å²) in [6.45, 7) is 9.94. The number of nitrogens with zero attached hydrogens (tertiary/aromatic N) is 3. The summed E-state index contributed by atoms with van der Waals surface area (Å²) in [5.74, 6) is 7.34. The number of aromatic nitrogens is 3. The zero-order valence-electron chi connectivity index (χ0n) is 17.9. The fourth-order valence-electron chi connectivity index (χ4n) is 3.10. The van der Waals surface area contributed by atoms with Gasteiger partial charge in [0.15, 0.2) is 5.82 Å². The van der Waals surface area contributed by atoms with Crippen molar-refractivity contribution in [2.75, 3.05) is 11.2 Å². The minimum Gasteiger partial charge on any atom is -0.485 e. The van der Waals surface area contributed by atoms with E-state index in [4.69, 9.17) is 10.6 Å². The molecule has 3 rings (SSSR count). The largest absolute Gasteiger partial charge is 0.485 e. The molecular weight excluding hydrogens is 398 g/mol. The summed E-state index contributed by atoms with van der Waals surface area (Å²) in [7, 11) is 0. The second-order valence-corrected chi connectivity index (χ2v) is 8.60. The molecule has 0 saturated heterocycles. The minimum atomic E-state index is -0.400. The molecular formula is C22H27N5O2S. The molecule has 2 aromatic carbocycles. The van der Waals surface area contributed by atoms with Gasteiger partial charge >= 0.3 is 0 Å². The number of nitrogens with two attached hydrogens (primary N) is 1. The summed E-state index contributed by atoms with van der Waals surface area (Å²) in [5, 5.41) is 11.3. The molecule has 1 atom stereocenters. The highest BCUT2D eigenvalue weighted by molar-refractivity contribution is 8.00. The van der Waals surface area contributed by atoms with Gasteiger partial charge in [0.05, 0.1) is 5.25 Å². The zero-order valence-corrected chi connectivity index (χ0v) is 18.7. The third-order valence-electron chi connectivity index (χ3n) is 4.87. The predicted octanol–water partition coefficient (Wildman–Crippen LogP) is 3.92. The molecule has 0 radical (unpaired) electrons. The first-order valence-corrected chi connectivity index (χ1v) is 10.6. The van der Waals surface area contributed by atoms with Crippen LogP contribution >= 0.6 is 11.8 Å². The van der Waals surface area contributed by atoms with Gasteiger partial charge in [-0.3, -0.25) is 4.79 Å². The molecule has 0 saturated carbocycles. The van der Waals surface area contributed by atoms with Crippen molar-refractivity contribution in [1.82, 2.24) is 14.9 Å². The number of hydrogen-bond donors (Lipinski definition) is 2. The van der Waals surface area contributed by atoms with Gasteiger partial charge in [0, 0.05) is 5.69 Å². The Morgan fingerprint density at radius 2 is 1.63 bits per heavy atom. The number of benzene rings is 2. The Morgan fingerprint density at radius 1 is 1.07 bits per heavy atom. The van der Waals surface area contributed by atoms with Crippen LogP contribution in [0.25, 0.3) is 0 Å². The zero-order chi connectivity index (χ0) is 21.8. The summed E-state index contributed by atoms with van der Waals surface area (Å²) in [4.78, 5) is 12.7. The molecule has 0 bridgehead atoms. The Hall–Kier alpha value is -3.00. The number of ether oxygens (including phenoxy) is 1. The van der Waals surface area contributed by atoms with Crippen molar-refractivity contribution in [3.8, 4) is 5.75 Å². The number of carbonyl (C=O) groups excluding carboxylic acids is 1. The van der Waals surface area contributed by atoms with E-state index in [1.807, 2.05) is 71.0 Å². The summed E-state index contributed by atoms with van der Waals surface area (Å²) < 4.78 is 7.29. The van der Waals surface area contributed by atoms with Crippen LogP contribution in [0.5, 0.6) is 5.75 Å². The fraction of sp³-hybridized carbons (Fsp3) is 0.318. The van der Waals surface area contributed by atoms with Gasteiger partial charge in [0.25, 0.3) is 0 Å². The van der Waals surface area contributed by atoms with E-state index >= 15 is 0 Å². The maximum atomic E-state index is 12.7. The number of nitrogen functional groups attached to an aromatic ring is 1. The highest BCUT2D eigenvalue weighted by Crippen LogP contribution is 2.26. The van der Waals surface area contributed by atoms with Crippen molar-refractivity contribution in [3.63, 3.8) is 0 Å². The molecule has 0 aliphatic carbocycles. The average molecular weight is 426 g/mol. The summed E-state index contributed by atoms with van der Waals surface area (Å²) >= 11 is 1.25. The first-order chi connectivity index (χ1) is 14.3. The van der Waals surface area contributed by atoms with E-state index in [1.165, 1.54) is 16.4 Å². The molecule has 8 heteroatoms. The number of rotatable bonds is 7. The molecule has 30 heavy (non-hydrogen) atoms. The Labute approximate surface area is 181 Å². The van der Waals surface area contributed by atoms with Crippen LogP contribution in [-0.4, -0.2) is 26.0 Å². The lowest BCUT2D eigenvalue weighted by molar-refractivity contribution is -0.115. The van der Waals surface area contributed by atoms with E-state index in [2.05, 4.69) is 15.5 Å². The lowest BCUT2D eigenvalue weighted by Gasteiger charge is -2.15. The second-order valence-electron chi connectivity index (χ2n) is 7.29. The summed E-state index contributed by atoms with van der Waals surface area (Å²) in [6.07, 6.45) is 0. The number of hydrogen-bond acceptors (Lipinski definition) is 6. The maximum Gasteiger partial charge on any atom is 0.237 e. The van der Waals surface area contributed by atoms with Gasteiger partial charge in [0.1, 0.15) is 12.4 Å². The Bertz CT molecular complexity index is 1020. The van der Waals surface area contributed by atoms with Gasteiger partial charge in [0.2, 0.25) is 11.1 Å². The number of carbonyl (C=O) groups is 1. The SMILES string of the molecule is Cc1cccc(C)c1NC(=O)[C@@H](C)Sc1nnc(COc2c(C)cccc2C)n1N. The predicted molar refractivity (Wildman–Crippen MR) is 120 cm³/mol. The molecule has 3 aromatic rings. The van der Waals surface area contributed by atoms with Crippen LogP contribution in [-0.2, 0) is 11.4 Å². The Morgan fingerprint density at radius 3 is 2.23 bits per heavy atom. The van der Waals surface area contributed by atoms with Crippen molar-refractivity contribution in [2.24, 2.45) is 0 Å². The molecule has 1 amide bonds. The van der Waals surface area contributed by atoms with E-state index in [9.17, 15) is 4.79 Å². The lowest BCUT2D eigenvalue weighted by Crippen LogP contribution is -2.24. The number of aryl methyl sites for hydroxylation is 4. The third-order valence-corrected chi connectivity index (χ3v) is 5.93. The molecule has 158 valence electrons. The first kappa shape index (κ1) is 21.7. The normalized spacial score (nSPS) is 11.9. The monoisotopic (exact) mass is 425 g/mol. The smallest absolute Gasteiger partial charge is 0.237 e. The molecule has 3 N–H and O–H groups in total. The van der Waals surface area contributed by atoms with Gasteiger partial charge in [-0.2, -0.15) is 0 Å². The van der Waals surface area contributed by atoms with E-state index in [-0.39, 0.29) is 12.5 Å². The molecule has 1 heterocycles. The second kappa shape index (κ2) is 9.21. The van der Waals surface area contributed by atoms with Gasteiger partial charge < -0.3 is 15.9 Å². The van der Waals surface area contributed by atoms with Crippen LogP contribution in [0.15, 0.2) is 41.6 Å². The molecule has 0 fully saturated rings. The number of para-hydroxylation sites is 2. The van der Waals surface area contributed by atoms with E-state index in [1.54, 1.807) is 0 Å². The van der Waals surface area contributed by atoms with Crippen LogP contribution in [0, 0.1) is 27.7 Å². The van der Waals surface area contributed by atoms with Crippen LogP contribution in [0.4, 0.5) is 5.69 Å². The van der Waals surface area contributed by atoms with Crippen molar-refractivity contribution < 1.29 is 9.53 Å². The highest BCUT2D eigenvalue weighted by atomic mass is 32.2. The van der Waals surface area contributed by atoms with Crippen molar-refractivity contribution >= 4 is 23.4 Å². The van der Waals surface area contributed by atoms with Crippen molar-refractivity contribution in [3.05, 3.63) is 64.5 Å². The van der Waals surface area contributed by atoms with Crippen LogP contribution in [0.3, 0.4) is 0 Å². The summed E-state index contributed by atoms with van der Waals surface area (Å²) in [5.41, 5.74) is 4.97. The number of amides is 1.